The third kappa shape index (κ3) is 3.35. The highest BCUT2D eigenvalue weighted by Gasteiger charge is 2.34. The molecule has 3 rings (SSSR count). The van der Waals surface area contributed by atoms with E-state index in [2.05, 4.69) is 15.3 Å². The highest BCUT2D eigenvalue weighted by molar-refractivity contribution is 7.90. The molecule has 1 aliphatic rings. The average molecular weight is 362 g/mol. The number of hydrogen-bond acceptors (Lipinski definition) is 6. The monoisotopic (exact) mass is 362 g/mol. The van der Waals surface area contributed by atoms with Gasteiger partial charge in [-0.3, -0.25) is 0 Å². The minimum Gasteiger partial charge on any atom is -0.480 e. The summed E-state index contributed by atoms with van der Waals surface area (Å²) in [6.45, 7) is 0. The summed E-state index contributed by atoms with van der Waals surface area (Å²) in [4.78, 5) is 2.83. The summed E-state index contributed by atoms with van der Waals surface area (Å²) in [6, 6.07) is 0.741. The van der Waals surface area contributed by atoms with Crippen molar-refractivity contribution in [3.8, 4) is 5.88 Å². The molecule has 11 heteroatoms. The zero-order valence-electron chi connectivity index (χ0n) is 12.5. The molecule has 0 aromatic carbocycles. The maximum atomic E-state index is 12.8. The molecule has 1 saturated carbocycles. The van der Waals surface area contributed by atoms with Gasteiger partial charge in [-0.25, -0.2) is 18.1 Å². The Bertz CT molecular complexity index is 860. The van der Waals surface area contributed by atoms with E-state index in [1.165, 1.54) is 6.20 Å². The predicted octanol–water partition coefficient (Wildman–Crippen LogP) is 2.01. The van der Waals surface area contributed by atoms with Crippen LogP contribution in [0.15, 0.2) is 23.4 Å². The fourth-order valence-corrected chi connectivity index (χ4v) is 3.52. The molecule has 7 nitrogen and oxygen atoms in total. The number of rotatable bonds is 5. The highest BCUT2D eigenvalue weighted by atomic mass is 32.2. The standard InChI is InChI=1S/C13H13F3N4O3S/c1-23-12-11(4-8(5-17-12)13(14,15)16)24(21,22)7-9-6-20(19-18-9)10-2-3-10/h4-6,10H,2-3,7H2,1H3. The summed E-state index contributed by atoms with van der Waals surface area (Å²) in [5.41, 5.74) is -1.01. The molecule has 130 valence electrons. The van der Waals surface area contributed by atoms with Crippen molar-refractivity contribution in [2.45, 2.75) is 35.7 Å². The minimum atomic E-state index is -4.71. The highest BCUT2D eigenvalue weighted by Crippen LogP contribution is 2.35. The largest absolute Gasteiger partial charge is 0.480 e. The molecule has 2 heterocycles. The van der Waals surface area contributed by atoms with Gasteiger partial charge in [0.2, 0.25) is 5.88 Å². The van der Waals surface area contributed by atoms with E-state index < -0.39 is 38.1 Å². The van der Waals surface area contributed by atoms with Crippen molar-refractivity contribution in [2.75, 3.05) is 7.11 Å². The zero-order valence-corrected chi connectivity index (χ0v) is 13.3. The van der Waals surface area contributed by atoms with Crippen molar-refractivity contribution in [1.82, 2.24) is 20.0 Å². The Hall–Kier alpha value is -2.17. The molecule has 0 amide bonds. The van der Waals surface area contributed by atoms with Crippen LogP contribution in [-0.2, 0) is 21.8 Å². The lowest BCUT2D eigenvalue weighted by molar-refractivity contribution is -0.138. The number of hydrogen-bond donors (Lipinski definition) is 0. The van der Waals surface area contributed by atoms with Gasteiger partial charge in [0.1, 0.15) is 10.6 Å². The van der Waals surface area contributed by atoms with Gasteiger partial charge in [-0.15, -0.1) is 5.10 Å². The van der Waals surface area contributed by atoms with Crippen LogP contribution in [0, 0.1) is 0 Å². The summed E-state index contributed by atoms with van der Waals surface area (Å²) in [5.74, 6) is -0.975. The van der Waals surface area contributed by atoms with Crippen molar-refractivity contribution in [3.63, 3.8) is 0 Å². The Balaban J connectivity index is 1.94. The number of nitrogens with zero attached hydrogens (tertiary/aromatic N) is 4. The molecular weight excluding hydrogens is 349 g/mol. The third-order valence-corrected chi connectivity index (χ3v) is 5.13. The fraction of sp³-hybridized carbons (Fsp3) is 0.462. The summed E-state index contributed by atoms with van der Waals surface area (Å²) >= 11 is 0. The number of methoxy groups -OCH3 is 1. The Morgan fingerprint density at radius 1 is 1.38 bits per heavy atom. The molecule has 0 atom stereocenters. The summed E-state index contributed by atoms with van der Waals surface area (Å²) in [6.07, 6.45) is -0.801. The SMILES string of the molecule is COc1ncc(C(F)(F)F)cc1S(=O)(=O)Cc1cn(C2CC2)nn1. The molecular formula is C13H13F3N4O3S. The summed E-state index contributed by atoms with van der Waals surface area (Å²) < 4.78 is 69.8. The van der Waals surface area contributed by atoms with Gasteiger partial charge in [-0.2, -0.15) is 13.2 Å². The van der Waals surface area contributed by atoms with Crippen molar-refractivity contribution >= 4 is 9.84 Å². The molecule has 0 spiro atoms. The topological polar surface area (TPSA) is 87.0 Å². The van der Waals surface area contributed by atoms with Crippen LogP contribution in [0.4, 0.5) is 13.2 Å². The van der Waals surface area contributed by atoms with Gasteiger partial charge in [0.25, 0.3) is 0 Å². The van der Waals surface area contributed by atoms with Gasteiger partial charge in [0, 0.05) is 12.4 Å². The molecule has 0 saturated heterocycles. The number of aromatic nitrogens is 4. The van der Waals surface area contributed by atoms with Gasteiger partial charge in [-0.05, 0) is 18.9 Å². The minimum absolute atomic E-state index is 0.154. The third-order valence-electron chi connectivity index (χ3n) is 3.49. The second-order valence-electron chi connectivity index (χ2n) is 5.41. The average Bonchev–Trinajstić information content (AvgIpc) is 3.26. The zero-order chi connectivity index (χ0) is 17.5. The van der Waals surface area contributed by atoms with E-state index in [1.54, 1.807) is 4.68 Å². The lowest BCUT2D eigenvalue weighted by Gasteiger charge is -2.11. The molecule has 0 bridgehead atoms. The van der Waals surface area contributed by atoms with E-state index in [0.717, 1.165) is 20.0 Å². The summed E-state index contributed by atoms with van der Waals surface area (Å²) in [7, 11) is -3.00. The predicted molar refractivity (Wildman–Crippen MR) is 75.0 cm³/mol. The van der Waals surface area contributed by atoms with Crippen LogP contribution in [0.1, 0.15) is 30.1 Å². The lowest BCUT2D eigenvalue weighted by atomic mass is 10.3. The molecule has 24 heavy (non-hydrogen) atoms. The van der Waals surface area contributed by atoms with Crippen LogP contribution in [-0.4, -0.2) is 35.5 Å². The number of ether oxygens (including phenoxy) is 1. The van der Waals surface area contributed by atoms with E-state index in [1.807, 2.05) is 0 Å². The van der Waals surface area contributed by atoms with Crippen LogP contribution in [0.25, 0.3) is 0 Å². The van der Waals surface area contributed by atoms with Crippen LogP contribution < -0.4 is 4.74 Å². The fourth-order valence-electron chi connectivity index (χ4n) is 2.13. The molecule has 0 unspecified atom stereocenters. The molecule has 0 N–H and O–H groups in total. The smallest absolute Gasteiger partial charge is 0.417 e. The second kappa shape index (κ2) is 5.72. The molecule has 2 aromatic heterocycles. The van der Waals surface area contributed by atoms with Crippen molar-refractivity contribution in [2.24, 2.45) is 0 Å². The van der Waals surface area contributed by atoms with Crippen LogP contribution in [0.5, 0.6) is 5.88 Å². The van der Waals surface area contributed by atoms with Gasteiger partial charge in [0.15, 0.2) is 9.84 Å². The molecule has 0 aliphatic heterocycles. The van der Waals surface area contributed by atoms with Crippen LogP contribution in [0.3, 0.4) is 0 Å². The van der Waals surface area contributed by atoms with Gasteiger partial charge in [0.05, 0.1) is 24.4 Å². The molecule has 2 aromatic rings. The normalized spacial score (nSPS) is 15.5. The Kier molecular flexibility index (Phi) is 3.98. The lowest BCUT2D eigenvalue weighted by Crippen LogP contribution is -2.12. The molecule has 0 radical (unpaired) electrons. The van der Waals surface area contributed by atoms with Crippen molar-refractivity contribution in [1.29, 1.82) is 0 Å². The Morgan fingerprint density at radius 3 is 2.67 bits per heavy atom. The van der Waals surface area contributed by atoms with E-state index >= 15 is 0 Å². The number of pyridine rings is 1. The van der Waals surface area contributed by atoms with Gasteiger partial charge >= 0.3 is 6.18 Å². The first-order chi connectivity index (χ1) is 11.2. The van der Waals surface area contributed by atoms with Crippen LogP contribution in [0.2, 0.25) is 0 Å². The molecule has 1 fully saturated rings. The van der Waals surface area contributed by atoms with Crippen molar-refractivity contribution < 1.29 is 26.3 Å². The number of alkyl halides is 3. The maximum Gasteiger partial charge on any atom is 0.417 e. The quantitative estimate of drug-likeness (QED) is 0.809. The second-order valence-corrected chi connectivity index (χ2v) is 7.37. The Labute approximate surface area is 135 Å². The van der Waals surface area contributed by atoms with E-state index in [0.29, 0.717) is 12.3 Å². The van der Waals surface area contributed by atoms with Gasteiger partial charge < -0.3 is 4.74 Å². The first-order valence-corrected chi connectivity index (χ1v) is 8.60. The van der Waals surface area contributed by atoms with Gasteiger partial charge in [-0.1, -0.05) is 5.21 Å². The summed E-state index contributed by atoms with van der Waals surface area (Å²) in [5, 5.41) is 7.60. The number of halogens is 3. The Morgan fingerprint density at radius 2 is 2.08 bits per heavy atom. The van der Waals surface area contributed by atoms with Crippen LogP contribution >= 0.6 is 0 Å². The van der Waals surface area contributed by atoms with E-state index in [-0.39, 0.29) is 11.7 Å². The molecule has 1 aliphatic carbocycles. The van der Waals surface area contributed by atoms with E-state index in [4.69, 9.17) is 4.74 Å². The maximum absolute atomic E-state index is 12.8. The first-order valence-electron chi connectivity index (χ1n) is 6.95. The first kappa shape index (κ1) is 16.7. The van der Waals surface area contributed by atoms with Crippen molar-refractivity contribution in [3.05, 3.63) is 29.7 Å². The number of sulfone groups is 1. The van der Waals surface area contributed by atoms with E-state index in [9.17, 15) is 21.6 Å².